The highest BCUT2D eigenvalue weighted by Gasteiger charge is 2.23. The zero-order valence-corrected chi connectivity index (χ0v) is 10.7. The van der Waals surface area contributed by atoms with Crippen molar-refractivity contribution in [2.75, 3.05) is 23.7 Å². The van der Waals surface area contributed by atoms with Crippen molar-refractivity contribution in [1.29, 1.82) is 0 Å². The molecule has 0 bridgehead atoms. The third kappa shape index (κ3) is 2.27. The van der Waals surface area contributed by atoms with E-state index in [2.05, 4.69) is 18.7 Å². The predicted octanol–water partition coefficient (Wildman–Crippen LogP) is 3.40. The van der Waals surface area contributed by atoms with Crippen molar-refractivity contribution in [2.45, 2.75) is 20.3 Å². The Hall–Kier alpha value is -0.890. The molecule has 0 aromatic heterocycles. The van der Waals surface area contributed by atoms with Gasteiger partial charge >= 0.3 is 0 Å². The fourth-order valence-electron chi connectivity index (χ4n) is 2.26. The quantitative estimate of drug-likeness (QED) is 0.760. The van der Waals surface area contributed by atoms with Crippen molar-refractivity contribution < 1.29 is 0 Å². The second kappa shape index (κ2) is 4.54. The molecule has 1 aromatic carbocycles. The molecule has 1 aromatic rings. The smallest absolute Gasteiger partial charge is 0.0660 e. The van der Waals surface area contributed by atoms with Crippen LogP contribution in [0.25, 0.3) is 0 Å². The van der Waals surface area contributed by atoms with E-state index in [0.717, 1.165) is 41.3 Å². The van der Waals surface area contributed by atoms with Gasteiger partial charge in [-0.2, -0.15) is 0 Å². The molecule has 1 aliphatic heterocycles. The molecule has 3 heteroatoms. The molecule has 2 nitrogen and oxygen atoms in total. The summed E-state index contributed by atoms with van der Waals surface area (Å²) >= 11 is 6.23. The topological polar surface area (TPSA) is 29.3 Å². The number of nitrogens with two attached hydrogens (primary N) is 1. The highest BCUT2D eigenvalue weighted by Crippen LogP contribution is 2.32. The van der Waals surface area contributed by atoms with Crippen LogP contribution in [0.1, 0.15) is 20.3 Å². The number of nitrogen functional groups attached to an aromatic ring is 1. The Kier molecular flexibility index (Phi) is 3.29. The molecule has 2 N–H and O–H groups in total. The van der Waals surface area contributed by atoms with Gasteiger partial charge in [0.1, 0.15) is 0 Å². The highest BCUT2D eigenvalue weighted by atomic mass is 35.5. The minimum atomic E-state index is 0.724. The molecule has 0 amide bonds. The molecule has 1 saturated heterocycles. The average molecular weight is 239 g/mol. The van der Waals surface area contributed by atoms with Crippen LogP contribution in [0.2, 0.25) is 5.02 Å². The van der Waals surface area contributed by atoms with Crippen LogP contribution in [0.4, 0.5) is 11.4 Å². The lowest BCUT2D eigenvalue weighted by Crippen LogP contribution is -2.38. The molecule has 1 heterocycles. The number of hydrogen-bond donors (Lipinski definition) is 1. The van der Waals surface area contributed by atoms with E-state index in [9.17, 15) is 0 Å². The molecule has 2 rings (SSSR count). The molecule has 0 radical (unpaired) electrons. The molecule has 0 spiro atoms. The standard InChI is InChI=1S/C13H19ClN2/c1-9-5-6-16(8-10(9)2)13-4-3-11(15)7-12(13)14/h3-4,7,9-10H,5-6,8,15H2,1-2H3. The number of piperidine rings is 1. The molecular weight excluding hydrogens is 220 g/mol. The number of anilines is 2. The molecule has 2 atom stereocenters. The van der Waals surface area contributed by atoms with E-state index in [4.69, 9.17) is 17.3 Å². The summed E-state index contributed by atoms with van der Waals surface area (Å²) < 4.78 is 0. The van der Waals surface area contributed by atoms with Gasteiger partial charge in [0.15, 0.2) is 0 Å². The summed E-state index contributed by atoms with van der Waals surface area (Å²) in [7, 11) is 0. The van der Waals surface area contributed by atoms with Crippen LogP contribution in [0, 0.1) is 11.8 Å². The van der Waals surface area contributed by atoms with E-state index in [-0.39, 0.29) is 0 Å². The summed E-state index contributed by atoms with van der Waals surface area (Å²) in [6, 6.07) is 5.78. The molecule has 0 aliphatic carbocycles. The lowest BCUT2D eigenvalue weighted by atomic mass is 9.88. The van der Waals surface area contributed by atoms with Gasteiger partial charge in [-0.3, -0.25) is 0 Å². The molecule has 0 saturated carbocycles. The SMILES string of the molecule is CC1CCN(c2ccc(N)cc2Cl)CC1C. The lowest BCUT2D eigenvalue weighted by molar-refractivity contribution is 0.324. The van der Waals surface area contributed by atoms with Crippen LogP contribution in [-0.2, 0) is 0 Å². The number of benzene rings is 1. The minimum absolute atomic E-state index is 0.724. The number of hydrogen-bond acceptors (Lipinski definition) is 2. The zero-order chi connectivity index (χ0) is 11.7. The van der Waals surface area contributed by atoms with Gasteiger partial charge in [0.2, 0.25) is 0 Å². The van der Waals surface area contributed by atoms with Crippen LogP contribution >= 0.6 is 11.6 Å². The maximum absolute atomic E-state index is 6.23. The predicted molar refractivity (Wildman–Crippen MR) is 71.0 cm³/mol. The van der Waals surface area contributed by atoms with E-state index >= 15 is 0 Å². The van der Waals surface area contributed by atoms with Crippen molar-refractivity contribution in [3.8, 4) is 0 Å². The fraction of sp³-hybridized carbons (Fsp3) is 0.538. The van der Waals surface area contributed by atoms with Gasteiger partial charge in [-0.05, 0) is 36.5 Å². The molecular formula is C13H19ClN2. The summed E-state index contributed by atoms with van der Waals surface area (Å²) in [6.07, 6.45) is 1.24. The molecule has 1 fully saturated rings. The first-order valence-corrected chi connectivity index (χ1v) is 6.25. The fourth-order valence-corrected chi connectivity index (χ4v) is 2.57. The van der Waals surface area contributed by atoms with Gasteiger partial charge in [-0.15, -0.1) is 0 Å². The van der Waals surface area contributed by atoms with E-state index in [1.165, 1.54) is 6.42 Å². The third-order valence-corrected chi connectivity index (χ3v) is 3.95. The summed E-state index contributed by atoms with van der Waals surface area (Å²) in [5, 5.41) is 0.766. The Balaban J connectivity index is 2.18. The second-order valence-corrected chi connectivity index (χ2v) is 5.31. The summed E-state index contributed by atoms with van der Waals surface area (Å²) in [5.74, 6) is 1.53. The Morgan fingerprint density at radius 1 is 1.31 bits per heavy atom. The van der Waals surface area contributed by atoms with Gasteiger partial charge < -0.3 is 10.6 Å². The largest absolute Gasteiger partial charge is 0.399 e. The molecule has 2 unspecified atom stereocenters. The van der Waals surface area contributed by atoms with Gasteiger partial charge in [0.25, 0.3) is 0 Å². The maximum Gasteiger partial charge on any atom is 0.0660 e. The lowest BCUT2D eigenvalue weighted by Gasteiger charge is -2.37. The molecule has 88 valence electrons. The van der Waals surface area contributed by atoms with Gasteiger partial charge in [0, 0.05) is 18.8 Å². The van der Waals surface area contributed by atoms with Crippen LogP contribution in [0.15, 0.2) is 18.2 Å². The second-order valence-electron chi connectivity index (χ2n) is 4.90. The number of nitrogens with zero attached hydrogens (tertiary/aromatic N) is 1. The summed E-state index contributed by atoms with van der Waals surface area (Å²) in [5.41, 5.74) is 7.55. The molecule has 16 heavy (non-hydrogen) atoms. The first-order valence-electron chi connectivity index (χ1n) is 5.88. The summed E-state index contributed by atoms with van der Waals surface area (Å²) in [4.78, 5) is 2.37. The van der Waals surface area contributed by atoms with Crippen molar-refractivity contribution >= 4 is 23.0 Å². The minimum Gasteiger partial charge on any atom is -0.399 e. The first kappa shape index (κ1) is 11.6. The van der Waals surface area contributed by atoms with E-state index in [1.807, 2.05) is 18.2 Å². The third-order valence-electron chi connectivity index (χ3n) is 3.65. The van der Waals surface area contributed by atoms with Crippen molar-refractivity contribution in [3.05, 3.63) is 23.2 Å². The van der Waals surface area contributed by atoms with Crippen LogP contribution < -0.4 is 10.6 Å². The maximum atomic E-state index is 6.23. The van der Waals surface area contributed by atoms with E-state index < -0.39 is 0 Å². The summed E-state index contributed by atoms with van der Waals surface area (Å²) in [6.45, 7) is 6.81. The van der Waals surface area contributed by atoms with Crippen LogP contribution in [0.5, 0.6) is 0 Å². The normalized spacial score (nSPS) is 25.8. The van der Waals surface area contributed by atoms with Crippen molar-refractivity contribution in [2.24, 2.45) is 11.8 Å². The van der Waals surface area contributed by atoms with Crippen molar-refractivity contribution in [3.63, 3.8) is 0 Å². The van der Waals surface area contributed by atoms with Crippen LogP contribution in [0.3, 0.4) is 0 Å². The number of halogens is 1. The van der Waals surface area contributed by atoms with Crippen LogP contribution in [-0.4, -0.2) is 13.1 Å². The monoisotopic (exact) mass is 238 g/mol. The van der Waals surface area contributed by atoms with E-state index in [1.54, 1.807) is 0 Å². The Bertz CT molecular complexity index is 378. The van der Waals surface area contributed by atoms with E-state index in [0.29, 0.717) is 0 Å². The van der Waals surface area contributed by atoms with Gasteiger partial charge in [0.05, 0.1) is 10.7 Å². The zero-order valence-electron chi connectivity index (χ0n) is 9.91. The average Bonchev–Trinajstić information content (AvgIpc) is 2.22. The Morgan fingerprint density at radius 3 is 2.69 bits per heavy atom. The first-order chi connectivity index (χ1) is 7.58. The van der Waals surface area contributed by atoms with Crippen molar-refractivity contribution in [1.82, 2.24) is 0 Å². The van der Waals surface area contributed by atoms with Gasteiger partial charge in [-0.1, -0.05) is 25.4 Å². The Labute approximate surface area is 102 Å². The molecule has 1 aliphatic rings. The number of rotatable bonds is 1. The van der Waals surface area contributed by atoms with Gasteiger partial charge in [-0.25, -0.2) is 0 Å². The highest BCUT2D eigenvalue weighted by molar-refractivity contribution is 6.33. The Morgan fingerprint density at radius 2 is 2.06 bits per heavy atom.